The molecule has 1 fully saturated rings. The Hall–Kier alpha value is -2.13. The van der Waals surface area contributed by atoms with Crippen molar-refractivity contribution in [3.05, 3.63) is 37.9 Å². The third-order valence-corrected chi connectivity index (χ3v) is 5.83. The number of ether oxygens (including phenoxy) is 1. The summed E-state index contributed by atoms with van der Waals surface area (Å²) in [5.41, 5.74) is 0.390. The highest BCUT2D eigenvalue weighted by molar-refractivity contribution is 9.10. The number of nitrogens with zero attached hydrogens (tertiary/aromatic N) is 4. The number of hydrogen-bond acceptors (Lipinski definition) is 6. The van der Waals surface area contributed by atoms with Crippen molar-refractivity contribution in [2.45, 2.75) is 39.3 Å². The van der Waals surface area contributed by atoms with E-state index < -0.39 is 10.5 Å². The van der Waals surface area contributed by atoms with Crippen molar-refractivity contribution in [3.63, 3.8) is 0 Å². The lowest BCUT2D eigenvalue weighted by Crippen LogP contribution is -2.55. The van der Waals surface area contributed by atoms with Crippen molar-refractivity contribution >= 4 is 55.9 Å². The van der Waals surface area contributed by atoms with Gasteiger partial charge in [0.1, 0.15) is 17.5 Å². The van der Waals surface area contributed by atoms with Crippen LogP contribution in [0.1, 0.15) is 27.7 Å². The molecule has 10 heteroatoms. The molecule has 0 aliphatic carbocycles. The molecule has 156 valence electrons. The van der Waals surface area contributed by atoms with E-state index in [4.69, 9.17) is 16.3 Å². The molecule has 1 aliphatic heterocycles. The summed E-state index contributed by atoms with van der Waals surface area (Å²) in [5.74, 6) is 0. The van der Waals surface area contributed by atoms with Gasteiger partial charge in [0, 0.05) is 35.5 Å². The van der Waals surface area contributed by atoms with Crippen LogP contribution in [0.2, 0.25) is 5.02 Å². The molecule has 1 aliphatic rings. The second-order valence-corrected chi connectivity index (χ2v) is 9.26. The van der Waals surface area contributed by atoms with E-state index in [-0.39, 0.29) is 17.8 Å². The van der Waals surface area contributed by atoms with E-state index in [1.54, 1.807) is 17.0 Å². The maximum atomic E-state index is 12.5. The quantitative estimate of drug-likeness (QED) is 0.439. The van der Waals surface area contributed by atoms with E-state index in [9.17, 15) is 14.9 Å². The molecule has 0 saturated carbocycles. The largest absolute Gasteiger partial charge is 0.444 e. The van der Waals surface area contributed by atoms with E-state index in [1.165, 1.54) is 6.20 Å². The third-order valence-electron chi connectivity index (χ3n) is 4.63. The molecule has 1 saturated heterocycles. The number of halogens is 2. The lowest BCUT2D eigenvalue weighted by Gasteiger charge is -2.41. The van der Waals surface area contributed by atoms with Crippen molar-refractivity contribution in [1.82, 2.24) is 9.88 Å². The summed E-state index contributed by atoms with van der Waals surface area (Å²) in [4.78, 5) is 31.5. The number of carbonyl (C=O) groups is 1. The summed E-state index contributed by atoms with van der Waals surface area (Å²) in [6.45, 7) is 8.60. The Morgan fingerprint density at radius 3 is 2.66 bits per heavy atom. The Balaban J connectivity index is 1.97. The highest BCUT2D eigenvalue weighted by Gasteiger charge is 2.34. The lowest BCUT2D eigenvalue weighted by atomic mass is 10.1. The molecule has 0 radical (unpaired) electrons. The van der Waals surface area contributed by atoms with Gasteiger partial charge in [-0.25, -0.2) is 9.78 Å². The molecule has 2 aromatic rings. The van der Waals surface area contributed by atoms with Crippen LogP contribution in [0.15, 0.2) is 22.8 Å². The molecule has 8 nitrogen and oxygen atoms in total. The number of piperazine rings is 1. The van der Waals surface area contributed by atoms with Crippen LogP contribution in [0.4, 0.5) is 16.2 Å². The molecule has 3 rings (SSSR count). The molecule has 0 bridgehead atoms. The monoisotopic (exact) mass is 484 g/mol. The predicted octanol–water partition coefficient (Wildman–Crippen LogP) is 5.00. The first kappa shape index (κ1) is 21.6. The van der Waals surface area contributed by atoms with Gasteiger partial charge in [0.2, 0.25) is 0 Å². The summed E-state index contributed by atoms with van der Waals surface area (Å²) in [7, 11) is 0. The van der Waals surface area contributed by atoms with Gasteiger partial charge >= 0.3 is 11.8 Å². The molecule has 0 spiro atoms. The molecule has 1 aromatic heterocycles. The minimum atomic E-state index is -0.585. The van der Waals surface area contributed by atoms with Gasteiger partial charge in [-0.2, -0.15) is 0 Å². The number of nitro groups is 1. The SMILES string of the molecule is CC1CN(c2c([N+](=O)[O-])cnc3cc(Br)c(Cl)cc23)CCN1C(=O)OC(C)(C)C. The smallest absolute Gasteiger partial charge is 0.410 e. The van der Waals surface area contributed by atoms with Crippen LogP contribution < -0.4 is 4.90 Å². The Morgan fingerprint density at radius 1 is 1.38 bits per heavy atom. The number of carbonyl (C=O) groups excluding carboxylic acids is 1. The topological polar surface area (TPSA) is 88.8 Å². The van der Waals surface area contributed by atoms with Crippen LogP contribution in [0.3, 0.4) is 0 Å². The molecule has 1 atom stereocenters. The first-order chi connectivity index (χ1) is 13.5. The maximum absolute atomic E-state index is 12.5. The zero-order chi connectivity index (χ0) is 21.5. The number of benzene rings is 1. The average Bonchev–Trinajstić information content (AvgIpc) is 2.60. The van der Waals surface area contributed by atoms with Crippen molar-refractivity contribution in [2.24, 2.45) is 0 Å². The zero-order valence-corrected chi connectivity index (χ0v) is 19.0. The maximum Gasteiger partial charge on any atom is 0.410 e. The number of rotatable bonds is 2. The molecule has 29 heavy (non-hydrogen) atoms. The van der Waals surface area contributed by atoms with Crippen LogP contribution in [0, 0.1) is 10.1 Å². The number of amides is 1. The van der Waals surface area contributed by atoms with Gasteiger partial charge < -0.3 is 14.5 Å². The van der Waals surface area contributed by atoms with Crippen LogP contribution in [-0.4, -0.2) is 52.2 Å². The Bertz CT molecular complexity index is 979. The van der Waals surface area contributed by atoms with Gasteiger partial charge in [-0.15, -0.1) is 0 Å². The van der Waals surface area contributed by atoms with Gasteiger partial charge in [-0.3, -0.25) is 10.1 Å². The number of fused-ring (bicyclic) bond motifs is 1. The third kappa shape index (κ3) is 4.56. The normalized spacial score (nSPS) is 17.5. The predicted molar refractivity (Wildman–Crippen MR) is 116 cm³/mol. The van der Waals surface area contributed by atoms with Crippen LogP contribution >= 0.6 is 27.5 Å². The van der Waals surface area contributed by atoms with Crippen molar-refractivity contribution in [2.75, 3.05) is 24.5 Å². The van der Waals surface area contributed by atoms with Gasteiger partial charge in [0.15, 0.2) is 0 Å². The highest BCUT2D eigenvalue weighted by Crippen LogP contribution is 2.39. The Kier molecular flexibility index (Phi) is 5.91. The molecule has 1 amide bonds. The fourth-order valence-corrected chi connectivity index (χ4v) is 3.88. The second kappa shape index (κ2) is 7.95. The average molecular weight is 486 g/mol. The summed E-state index contributed by atoms with van der Waals surface area (Å²) >= 11 is 9.62. The standard InChI is InChI=1S/C19H22BrClN4O4/c1-11-10-23(5-6-24(11)18(26)29-19(2,3)4)17-12-7-14(21)13(20)8-15(12)22-9-16(17)25(27)28/h7-9,11H,5-6,10H2,1-4H3. The Morgan fingerprint density at radius 2 is 2.07 bits per heavy atom. The Labute approximate surface area is 182 Å². The van der Waals surface area contributed by atoms with Crippen LogP contribution in [0.25, 0.3) is 10.9 Å². The number of aromatic nitrogens is 1. The van der Waals surface area contributed by atoms with Crippen molar-refractivity contribution < 1.29 is 14.5 Å². The van der Waals surface area contributed by atoms with E-state index in [1.807, 2.05) is 32.6 Å². The summed E-state index contributed by atoms with van der Waals surface area (Å²) in [5, 5.41) is 12.7. The van der Waals surface area contributed by atoms with Gasteiger partial charge in [0.05, 0.1) is 15.5 Å². The fraction of sp³-hybridized carbons (Fsp3) is 0.474. The lowest BCUT2D eigenvalue weighted by molar-refractivity contribution is -0.384. The summed E-state index contributed by atoms with van der Waals surface area (Å²) in [6, 6.07) is 3.24. The number of hydrogen-bond donors (Lipinski definition) is 0. The molecule has 1 aromatic carbocycles. The van der Waals surface area contributed by atoms with E-state index in [0.717, 1.165) is 0 Å². The minimum Gasteiger partial charge on any atom is -0.444 e. The first-order valence-corrected chi connectivity index (χ1v) is 10.3. The molecule has 1 unspecified atom stereocenters. The van der Waals surface area contributed by atoms with E-state index >= 15 is 0 Å². The molecular formula is C19H22BrClN4O4. The summed E-state index contributed by atoms with van der Waals surface area (Å²) < 4.78 is 6.15. The number of anilines is 1. The van der Waals surface area contributed by atoms with Gasteiger partial charge in [0.25, 0.3) is 0 Å². The van der Waals surface area contributed by atoms with Gasteiger partial charge in [-0.05, 0) is 55.8 Å². The number of pyridine rings is 1. The zero-order valence-electron chi connectivity index (χ0n) is 16.6. The van der Waals surface area contributed by atoms with Gasteiger partial charge in [-0.1, -0.05) is 11.6 Å². The minimum absolute atomic E-state index is 0.0891. The van der Waals surface area contributed by atoms with Crippen LogP contribution in [0.5, 0.6) is 0 Å². The first-order valence-electron chi connectivity index (χ1n) is 9.14. The summed E-state index contributed by atoms with van der Waals surface area (Å²) in [6.07, 6.45) is 0.883. The van der Waals surface area contributed by atoms with Crippen molar-refractivity contribution in [3.8, 4) is 0 Å². The molecule has 2 heterocycles. The fourth-order valence-electron chi connectivity index (χ4n) is 3.38. The molecular weight excluding hydrogens is 464 g/mol. The highest BCUT2D eigenvalue weighted by atomic mass is 79.9. The molecule has 0 N–H and O–H groups in total. The van der Waals surface area contributed by atoms with Crippen molar-refractivity contribution in [1.29, 1.82) is 0 Å². The second-order valence-electron chi connectivity index (χ2n) is 8.00. The van der Waals surface area contributed by atoms with Crippen LogP contribution in [-0.2, 0) is 4.74 Å². The van der Waals surface area contributed by atoms with E-state index in [0.29, 0.717) is 45.7 Å². The van der Waals surface area contributed by atoms with E-state index in [2.05, 4.69) is 20.9 Å².